The van der Waals surface area contributed by atoms with Gasteiger partial charge in [0.05, 0.1) is 0 Å². The highest BCUT2D eigenvalue weighted by Gasteiger charge is 2.16. The number of carbonyl (C=O) groups excluding carboxylic acids is 1. The van der Waals surface area contributed by atoms with Gasteiger partial charge in [-0.1, -0.05) is 0 Å². The number of amides is 2. The van der Waals surface area contributed by atoms with Crippen LogP contribution in [-0.2, 0) is 0 Å². The number of carbonyl (C=O) groups is 1. The number of pyridine rings is 1. The van der Waals surface area contributed by atoms with Crippen LogP contribution in [0.4, 0.5) is 10.6 Å². The molecule has 1 heterocycles. The predicted molar refractivity (Wildman–Crippen MR) is 64.0 cm³/mol. The SMILES string of the molecule is CCN(C(=O)N(C)C)c1ccc(Br)cn1. The summed E-state index contributed by atoms with van der Waals surface area (Å²) in [7, 11) is 3.45. The molecule has 1 aromatic heterocycles. The molecule has 4 nitrogen and oxygen atoms in total. The molecule has 82 valence electrons. The lowest BCUT2D eigenvalue weighted by Gasteiger charge is -2.23. The van der Waals surface area contributed by atoms with Gasteiger partial charge in [-0.3, -0.25) is 4.90 Å². The molecule has 0 radical (unpaired) electrons. The standard InChI is InChI=1S/C10H14BrN3O/c1-4-14(10(15)13(2)3)9-6-5-8(11)7-12-9/h5-7H,4H2,1-3H3. The van der Waals surface area contributed by atoms with Gasteiger partial charge in [-0.15, -0.1) is 0 Å². The van der Waals surface area contributed by atoms with Crippen LogP contribution in [0.3, 0.4) is 0 Å². The summed E-state index contributed by atoms with van der Waals surface area (Å²) in [6.45, 7) is 2.52. The van der Waals surface area contributed by atoms with Crippen LogP contribution >= 0.6 is 15.9 Å². The van der Waals surface area contributed by atoms with E-state index in [0.29, 0.717) is 12.4 Å². The summed E-state index contributed by atoms with van der Waals surface area (Å²) in [5.41, 5.74) is 0. The van der Waals surface area contributed by atoms with Crippen LogP contribution in [0.1, 0.15) is 6.92 Å². The number of nitrogens with zero attached hydrogens (tertiary/aromatic N) is 3. The Morgan fingerprint density at radius 2 is 2.13 bits per heavy atom. The maximum Gasteiger partial charge on any atom is 0.325 e. The third kappa shape index (κ3) is 2.92. The summed E-state index contributed by atoms with van der Waals surface area (Å²) in [6.07, 6.45) is 1.68. The average molecular weight is 272 g/mol. The molecule has 0 spiro atoms. The monoisotopic (exact) mass is 271 g/mol. The Balaban J connectivity index is 2.92. The Kier molecular flexibility index (Phi) is 4.08. The number of urea groups is 1. The summed E-state index contributed by atoms with van der Waals surface area (Å²) in [5.74, 6) is 0.666. The summed E-state index contributed by atoms with van der Waals surface area (Å²) in [5, 5.41) is 0. The van der Waals surface area contributed by atoms with Gasteiger partial charge >= 0.3 is 6.03 Å². The highest BCUT2D eigenvalue weighted by molar-refractivity contribution is 9.10. The zero-order chi connectivity index (χ0) is 11.4. The topological polar surface area (TPSA) is 36.4 Å². The lowest BCUT2D eigenvalue weighted by molar-refractivity contribution is 0.224. The third-order valence-electron chi connectivity index (χ3n) is 1.92. The molecule has 5 heteroatoms. The Morgan fingerprint density at radius 1 is 1.47 bits per heavy atom. The van der Waals surface area contributed by atoms with E-state index in [1.807, 2.05) is 19.1 Å². The molecule has 0 saturated carbocycles. The number of aromatic nitrogens is 1. The molecule has 15 heavy (non-hydrogen) atoms. The Labute approximate surface area is 98.0 Å². The minimum atomic E-state index is -0.0627. The lowest BCUT2D eigenvalue weighted by atomic mass is 10.4. The summed E-state index contributed by atoms with van der Waals surface area (Å²) in [6, 6.07) is 3.62. The maximum absolute atomic E-state index is 11.8. The van der Waals surface area contributed by atoms with Gasteiger partial charge in [-0.25, -0.2) is 9.78 Å². The van der Waals surface area contributed by atoms with Gasteiger partial charge in [0.25, 0.3) is 0 Å². The van der Waals surface area contributed by atoms with Gasteiger partial charge in [0, 0.05) is 31.3 Å². The zero-order valence-corrected chi connectivity index (χ0v) is 10.7. The Hall–Kier alpha value is -1.10. The summed E-state index contributed by atoms with van der Waals surface area (Å²) >= 11 is 3.31. The van der Waals surface area contributed by atoms with Crippen LogP contribution in [0.2, 0.25) is 0 Å². The predicted octanol–water partition coefficient (Wildman–Crippen LogP) is 2.35. The molecule has 0 unspecified atom stereocenters. The van der Waals surface area contributed by atoms with Crippen molar-refractivity contribution in [2.75, 3.05) is 25.5 Å². The normalized spacial score (nSPS) is 9.87. The molecule has 1 rings (SSSR count). The van der Waals surface area contributed by atoms with E-state index < -0.39 is 0 Å². The molecule has 0 saturated heterocycles. The van der Waals surface area contributed by atoms with Crippen LogP contribution in [0.25, 0.3) is 0 Å². The van der Waals surface area contributed by atoms with Crippen molar-refractivity contribution in [1.82, 2.24) is 9.88 Å². The van der Waals surface area contributed by atoms with E-state index in [9.17, 15) is 4.79 Å². The molecule has 0 aliphatic rings. The second-order valence-electron chi connectivity index (χ2n) is 3.26. The van der Waals surface area contributed by atoms with E-state index in [4.69, 9.17) is 0 Å². The van der Waals surface area contributed by atoms with E-state index in [1.165, 1.54) is 4.90 Å². The smallest absolute Gasteiger partial charge is 0.325 e. The molecule has 0 aliphatic carbocycles. The number of anilines is 1. The minimum Gasteiger partial charge on any atom is -0.330 e. The van der Waals surface area contributed by atoms with Crippen molar-refractivity contribution in [2.24, 2.45) is 0 Å². The molecule has 0 fully saturated rings. The third-order valence-corrected chi connectivity index (χ3v) is 2.39. The van der Waals surface area contributed by atoms with Crippen LogP contribution in [-0.4, -0.2) is 36.6 Å². The van der Waals surface area contributed by atoms with E-state index in [0.717, 1.165) is 4.47 Å². The van der Waals surface area contributed by atoms with E-state index in [1.54, 1.807) is 25.2 Å². The van der Waals surface area contributed by atoms with Crippen molar-refractivity contribution in [3.05, 3.63) is 22.8 Å². The average Bonchev–Trinajstić information content (AvgIpc) is 2.21. The van der Waals surface area contributed by atoms with Crippen molar-refractivity contribution >= 4 is 27.8 Å². The van der Waals surface area contributed by atoms with Crippen molar-refractivity contribution in [3.8, 4) is 0 Å². The number of hydrogen-bond donors (Lipinski definition) is 0. The van der Waals surface area contributed by atoms with Gasteiger partial charge in [0.1, 0.15) is 5.82 Å². The molecule has 1 aromatic rings. The molecule has 0 aliphatic heterocycles. The zero-order valence-electron chi connectivity index (χ0n) is 9.07. The second-order valence-corrected chi connectivity index (χ2v) is 4.17. The Bertz CT molecular complexity index is 337. The fraction of sp³-hybridized carbons (Fsp3) is 0.400. The summed E-state index contributed by atoms with van der Waals surface area (Å²) < 4.78 is 0.902. The van der Waals surface area contributed by atoms with Gasteiger partial charge in [-0.05, 0) is 35.0 Å². The quantitative estimate of drug-likeness (QED) is 0.828. The first-order chi connectivity index (χ1) is 7.06. The molecular formula is C10H14BrN3O. The first kappa shape index (κ1) is 12.0. The first-order valence-corrected chi connectivity index (χ1v) is 5.46. The van der Waals surface area contributed by atoms with E-state index >= 15 is 0 Å². The first-order valence-electron chi connectivity index (χ1n) is 4.66. The largest absolute Gasteiger partial charge is 0.330 e. The van der Waals surface area contributed by atoms with E-state index in [2.05, 4.69) is 20.9 Å². The minimum absolute atomic E-state index is 0.0627. The highest BCUT2D eigenvalue weighted by Crippen LogP contribution is 2.15. The lowest BCUT2D eigenvalue weighted by Crippen LogP contribution is -2.39. The second kappa shape index (κ2) is 5.11. The Morgan fingerprint density at radius 3 is 2.53 bits per heavy atom. The molecule has 2 amide bonds. The van der Waals surface area contributed by atoms with Crippen LogP contribution < -0.4 is 4.90 Å². The van der Waals surface area contributed by atoms with Gasteiger partial charge in [0.2, 0.25) is 0 Å². The highest BCUT2D eigenvalue weighted by atomic mass is 79.9. The van der Waals surface area contributed by atoms with Gasteiger partial charge in [0.15, 0.2) is 0 Å². The number of hydrogen-bond acceptors (Lipinski definition) is 2. The fourth-order valence-electron chi connectivity index (χ4n) is 1.16. The van der Waals surface area contributed by atoms with Crippen LogP contribution in [0.5, 0.6) is 0 Å². The molecule has 0 aromatic carbocycles. The van der Waals surface area contributed by atoms with Crippen LogP contribution in [0.15, 0.2) is 22.8 Å². The van der Waals surface area contributed by atoms with Crippen LogP contribution in [0, 0.1) is 0 Å². The fourth-order valence-corrected chi connectivity index (χ4v) is 1.40. The van der Waals surface area contributed by atoms with Crippen molar-refractivity contribution in [3.63, 3.8) is 0 Å². The van der Waals surface area contributed by atoms with E-state index in [-0.39, 0.29) is 6.03 Å². The van der Waals surface area contributed by atoms with Crippen molar-refractivity contribution in [2.45, 2.75) is 6.92 Å². The van der Waals surface area contributed by atoms with Gasteiger partial charge in [-0.2, -0.15) is 0 Å². The molecule has 0 bridgehead atoms. The number of rotatable bonds is 2. The maximum atomic E-state index is 11.8. The molecule has 0 N–H and O–H groups in total. The van der Waals surface area contributed by atoms with Gasteiger partial charge < -0.3 is 4.90 Å². The summed E-state index contributed by atoms with van der Waals surface area (Å²) in [4.78, 5) is 19.1. The molecule has 0 atom stereocenters. The van der Waals surface area contributed by atoms with Crippen molar-refractivity contribution in [1.29, 1.82) is 0 Å². The van der Waals surface area contributed by atoms with Crippen molar-refractivity contribution < 1.29 is 4.79 Å². The number of halogens is 1. The molecular weight excluding hydrogens is 258 g/mol.